The van der Waals surface area contributed by atoms with Crippen LogP contribution in [0.1, 0.15) is 18.7 Å². The van der Waals surface area contributed by atoms with Gasteiger partial charge in [-0.2, -0.15) is 4.80 Å². The molecule has 1 fully saturated rings. The van der Waals surface area contributed by atoms with Gasteiger partial charge in [0.2, 0.25) is 0 Å². The fourth-order valence-corrected chi connectivity index (χ4v) is 1.88. The highest BCUT2D eigenvalue weighted by molar-refractivity contribution is 4.84. The number of aromatic nitrogens is 4. The van der Waals surface area contributed by atoms with Crippen molar-refractivity contribution in [1.82, 2.24) is 25.1 Å². The number of hydrogen-bond donors (Lipinski definition) is 1. The number of aryl methyl sites for hydroxylation is 1. The first-order chi connectivity index (χ1) is 6.79. The third kappa shape index (κ3) is 1.91. The Bertz CT molecular complexity index is 300. The average Bonchev–Trinajstić information content (AvgIpc) is 2.76. The van der Waals surface area contributed by atoms with Crippen LogP contribution >= 0.6 is 0 Å². The minimum absolute atomic E-state index is 0.222. The number of aliphatic hydroxyl groups excluding tert-OH is 1. The largest absolute Gasteiger partial charge is 0.395 e. The summed E-state index contributed by atoms with van der Waals surface area (Å²) in [7, 11) is 1.75. The predicted molar refractivity (Wildman–Crippen MR) is 49.3 cm³/mol. The first-order valence-electron chi connectivity index (χ1n) is 4.87. The SMILES string of the molecule is Cn1nnc(CN2CCC[C@@H]2CO)n1. The molecule has 0 radical (unpaired) electrons. The molecule has 0 unspecified atom stereocenters. The lowest BCUT2D eigenvalue weighted by Gasteiger charge is -2.20. The molecule has 1 saturated heterocycles. The molecule has 1 aromatic heterocycles. The van der Waals surface area contributed by atoms with Gasteiger partial charge in [-0.3, -0.25) is 4.90 Å². The van der Waals surface area contributed by atoms with Crippen molar-refractivity contribution in [2.45, 2.75) is 25.4 Å². The molecule has 2 rings (SSSR count). The average molecular weight is 197 g/mol. The van der Waals surface area contributed by atoms with Crippen LogP contribution < -0.4 is 0 Å². The molecule has 0 spiro atoms. The van der Waals surface area contributed by atoms with E-state index in [1.54, 1.807) is 7.05 Å². The zero-order valence-electron chi connectivity index (χ0n) is 8.30. The summed E-state index contributed by atoms with van der Waals surface area (Å²) < 4.78 is 0. The quantitative estimate of drug-likeness (QED) is 0.685. The van der Waals surface area contributed by atoms with Crippen LogP contribution in [0.15, 0.2) is 0 Å². The maximum atomic E-state index is 9.12. The van der Waals surface area contributed by atoms with E-state index in [0.717, 1.165) is 25.2 Å². The second-order valence-electron chi connectivity index (χ2n) is 3.64. The molecular formula is C8H15N5O. The van der Waals surface area contributed by atoms with Gasteiger partial charge < -0.3 is 5.11 Å². The molecule has 0 aromatic carbocycles. The Morgan fingerprint density at radius 2 is 2.43 bits per heavy atom. The molecule has 0 saturated carbocycles. The standard InChI is InChI=1S/C8H15N5O/c1-12-10-8(9-11-12)5-13-4-2-3-7(13)6-14/h7,14H,2-6H2,1H3/t7-/m1/s1. The normalized spacial score (nSPS) is 23.1. The highest BCUT2D eigenvalue weighted by Gasteiger charge is 2.24. The Hall–Kier alpha value is -1.01. The molecule has 0 aliphatic carbocycles. The van der Waals surface area contributed by atoms with Gasteiger partial charge in [-0.15, -0.1) is 10.2 Å². The van der Waals surface area contributed by atoms with Gasteiger partial charge in [0.15, 0.2) is 5.82 Å². The van der Waals surface area contributed by atoms with Crippen molar-refractivity contribution in [2.24, 2.45) is 7.05 Å². The van der Waals surface area contributed by atoms with E-state index >= 15 is 0 Å². The van der Waals surface area contributed by atoms with E-state index in [4.69, 9.17) is 5.11 Å². The van der Waals surface area contributed by atoms with Crippen molar-refractivity contribution >= 4 is 0 Å². The minimum Gasteiger partial charge on any atom is -0.395 e. The molecule has 6 nitrogen and oxygen atoms in total. The summed E-state index contributed by atoms with van der Waals surface area (Å²) in [6.07, 6.45) is 2.21. The summed E-state index contributed by atoms with van der Waals surface area (Å²) in [6.45, 7) is 1.93. The molecular weight excluding hydrogens is 182 g/mol. The Kier molecular flexibility index (Phi) is 2.74. The van der Waals surface area contributed by atoms with Crippen LogP contribution in [0.4, 0.5) is 0 Å². The Labute approximate surface area is 82.5 Å². The number of rotatable bonds is 3. The molecule has 1 aliphatic heterocycles. The second-order valence-corrected chi connectivity index (χ2v) is 3.64. The summed E-state index contributed by atoms with van der Waals surface area (Å²) in [6, 6.07) is 0.277. The number of aliphatic hydroxyl groups is 1. The lowest BCUT2D eigenvalue weighted by molar-refractivity contribution is 0.151. The van der Waals surface area contributed by atoms with Crippen molar-refractivity contribution in [3.05, 3.63) is 5.82 Å². The molecule has 1 atom stereocenters. The molecule has 0 bridgehead atoms. The van der Waals surface area contributed by atoms with Crippen LogP contribution in [0.25, 0.3) is 0 Å². The van der Waals surface area contributed by atoms with Crippen LogP contribution in [0, 0.1) is 0 Å². The Balaban J connectivity index is 1.96. The minimum atomic E-state index is 0.222. The fraction of sp³-hybridized carbons (Fsp3) is 0.875. The van der Waals surface area contributed by atoms with Crippen LogP contribution in [0.3, 0.4) is 0 Å². The van der Waals surface area contributed by atoms with Gasteiger partial charge >= 0.3 is 0 Å². The summed E-state index contributed by atoms with van der Waals surface area (Å²) >= 11 is 0. The van der Waals surface area contributed by atoms with E-state index in [2.05, 4.69) is 20.3 Å². The third-order valence-electron chi connectivity index (χ3n) is 2.60. The van der Waals surface area contributed by atoms with Crippen molar-refractivity contribution in [3.63, 3.8) is 0 Å². The molecule has 6 heteroatoms. The predicted octanol–water partition coefficient (Wildman–Crippen LogP) is -0.833. The molecule has 1 N–H and O–H groups in total. The number of likely N-dealkylation sites (tertiary alicyclic amines) is 1. The van der Waals surface area contributed by atoms with Gasteiger partial charge in [0.25, 0.3) is 0 Å². The smallest absolute Gasteiger partial charge is 0.188 e. The van der Waals surface area contributed by atoms with Gasteiger partial charge in [0.1, 0.15) is 0 Å². The molecule has 14 heavy (non-hydrogen) atoms. The summed E-state index contributed by atoms with van der Waals surface area (Å²) in [4.78, 5) is 3.66. The van der Waals surface area contributed by atoms with Crippen molar-refractivity contribution in [2.75, 3.05) is 13.2 Å². The van der Waals surface area contributed by atoms with Gasteiger partial charge in [-0.1, -0.05) is 0 Å². The number of hydrogen-bond acceptors (Lipinski definition) is 5. The maximum absolute atomic E-state index is 9.12. The highest BCUT2D eigenvalue weighted by atomic mass is 16.3. The van der Waals surface area contributed by atoms with E-state index in [0.29, 0.717) is 6.54 Å². The van der Waals surface area contributed by atoms with E-state index in [1.165, 1.54) is 4.80 Å². The van der Waals surface area contributed by atoms with E-state index < -0.39 is 0 Å². The lowest BCUT2D eigenvalue weighted by Crippen LogP contribution is -2.32. The first kappa shape index (κ1) is 9.54. The van der Waals surface area contributed by atoms with Gasteiger partial charge in [-0.25, -0.2) is 0 Å². The summed E-state index contributed by atoms with van der Waals surface area (Å²) in [5, 5.41) is 20.9. The van der Waals surface area contributed by atoms with Gasteiger partial charge in [-0.05, 0) is 24.6 Å². The van der Waals surface area contributed by atoms with E-state index in [-0.39, 0.29) is 12.6 Å². The fourth-order valence-electron chi connectivity index (χ4n) is 1.88. The second kappa shape index (κ2) is 4.02. The zero-order chi connectivity index (χ0) is 9.97. The van der Waals surface area contributed by atoms with Crippen LogP contribution in [0.5, 0.6) is 0 Å². The van der Waals surface area contributed by atoms with Crippen molar-refractivity contribution < 1.29 is 5.11 Å². The molecule has 2 heterocycles. The van der Waals surface area contributed by atoms with E-state index in [1.807, 2.05) is 0 Å². The van der Waals surface area contributed by atoms with Crippen LogP contribution in [-0.4, -0.2) is 49.4 Å². The number of nitrogens with zero attached hydrogens (tertiary/aromatic N) is 5. The van der Waals surface area contributed by atoms with Crippen molar-refractivity contribution in [3.8, 4) is 0 Å². The molecule has 0 amide bonds. The van der Waals surface area contributed by atoms with Crippen LogP contribution in [0.2, 0.25) is 0 Å². The van der Waals surface area contributed by atoms with Crippen molar-refractivity contribution in [1.29, 1.82) is 0 Å². The summed E-state index contributed by atoms with van der Waals surface area (Å²) in [5.74, 6) is 0.729. The first-order valence-corrected chi connectivity index (χ1v) is 4.87. The van der Waals surface area contributed by atoms with Crippen LogP contribution in [-0.2, 0) is 13.6 Å². The molecule has 1 aromatic rings. The third-order valence-corrected chi connectivity index (χ3v) is 2.60. The van der Waals surface area contributed by atoms with E-state index in [9.17, 15) is 0 Å². The topological polar surface area (TPSA) is 67.1 Å². The highest BCUT2D eigenvalue weighted by Crippen LogP contribution is 2.17. The molecule has 1 aliphatic rings. The summed E-state index contributed by atoms with van der Waals surface area (Å²) in [5.41, 5.74) is 0. The Morgan fingerprint density at radius 3 is 3.07 bits per heavy atom. The monoisotopic (exact) mass is 197 g/mol. The lowest BCUT2D eigenvalue weighted by atomic mass is 10.2. The Morgan fingerprint density at radius 1 is 1.57 bits per heavy atom. The van der Waals surface area contributed by atoms with Gasteiger partial charge in [0.05, 0.1) is 20.2 Å². The zero-order valence-corrected chi connectivity index (χ0v) is 8.30. The molecule has 78 valence electrons. The van der Waals surface area contributed by atoms with Gasteiger partial charge in [0, 0.05) is 6.04 Å². The maximum Gasteiger partial charge on any atom is 0.188 e. The number of tetrazole rings is 1.